The Hall–Kier alpha value is -1.35. The first-order valence-corrected chi connectivity index (χ1v) is 8.10. The summed E-state index contributed by atoms with van der Waals surface area (Å²) in [4.78, 5) is 12.5. The van der Waals surface area contributed by atoms with Crippen LogP contribution >= 0.6 is 15.9 Å². The summed E-state index contributed by atoms with van der Waals surface area (Å²) in [5.41, 5.74) is 0.753. The second-order valence-electron chi connectivity index (χ2n) is 5.33. The molecule has 2 rings (SSSR count). The summed E-state index contributed by atoms with van der Waals surface area (Å²) in [6.45, 7) is 4.27. The third-order valence-corrected chi connectivity index (χ3v) is 4.03. The van der Waals surface area contributed by atoms with Gasteiger partial charge in [-0.1, -0.05) is 66.2 Å². The van der Waals surface area contributed by atoms with Crippen LogP contribution in [0.4, 0.5) is 0 Å². The second kappa shape index (κ2) is 6.89. The van der Waals surface area contributed by atoms with Crippen molar-refractivity contribution in [3.05, 3.63) is 48.0 Å². The van der Waals surface area contributed by atoms with Crippen molar-refractivity contribution >= 4 is 32.6 Å². The van der Waals surface area contributed by atoms with Crippen molar-refractivity contribution in [2.75, 3.05) is 5.33 Å². The first-order chi connectivity index (χ1) is 9.63. The predicted molar refractivity (Wildman–Crippen MR) is 88.5 cm³/mol. The van der Waals surface area contributed by atoms with E-state index in [1.807, 2.05) is 42.5 Å². The van der Waals surface area contributed by atoms with Crippen LogP contribution in [0.25, 0.3) is 10.8 Å². The van der Waals surface area contributed by atoms with Gasteiger partial charge in [0.05, 0.1) is 0 Å². The van der Waals surface area contributed by atoms with Gasteiger partial charge < -0.3 is 5.32 Å². The van der Waals surface area contributed by atoms with Crippen molar-refractivity contribution in [3.63, 3.8) is 0 Å². The SMILES string of the molecule is CC(C)C(CCBr)NC(=O)c1cccc2ccccc12. The maximum Gasteiger partial charge on any atom is 0.252 e. The molecule has 0 bridgehead atoms. The predicted octanol–water partition coefficient (Wildman–Crippen LogP) is 4.38. The zero-order chi connectivity index (χ0) is 14.5. The van der Waals surface area contributed by atoms with Gasteiger partial charge in [-0.05, 0) is 29.2 Å². The van der Waals surface area contributed by atoms with E-state index in [0.717, 1.165) is 28.1 Å². The van der Waals surface area contributed by atoms with Crippen LogP contribution in [-0.2, 0) is 0 Å². The molecule has 1 N–H and O–H groups in total. The third kappa shape index (κ3) is 3.40. The van der Waals surface area contributed by atoms with E-state index in [0.29, 0.717) is 5.92 Å². The lowest BCUT2D eigenvalue weighted by atomic mass is 10.00. The van der Waals surface area contributed by atoms with E-state index in [2.05, 4.69) is 35.1 Å². The molecule has 0 aromatic heterocycles. The molecule has 0 aliphatic carbocycles. The minimum absolute atomic E-state index is 0.0152. The maximum absolute atomic E-state index is 12.5. The number of hydrogen-bond donors (Lipinski definition) is 1. The fraction of sp³-hybridized carbons (Fsp3) is 0.353. The first-order valence-electron chi connectivity index (χ1n) is 6.98. The van der Waals surface area contributed by atoms with Crippen molar-refractivity contribution < 1.29 is 4.79 Å². The van der Waals surface area contributed by atoms with Gasteiger partial charge in [0.25, 0.3) is 5.91 Å². The average molecular weight is 334 g/mol. The largest absolute Gasteiger partial charge is 0.349 e. The number of carbonyl (C=O) groups is 1. The molecule has 0 saturated carbocycles. The Morgan fingerprint density at radius 3 is 2.55 bits per heavy atom. The number of fused-ring (bicyclic) bond motifs is 1. The Balaban J connectivity index is 2.27. The number of halogens is 1. The zero-order valence-electron chi connectivity index (χ0n) is 11.9. The van der Waals surface area contributed by atoms with E-state index in [9.17, 15) is 4.79 Å². The summed E-state index contributed by atoms with van der Waals surface area (Å²) in [5, 5.41) is 6.16. The highest BCUT2D eigenvalue weighted by Gasteiger charge is 2.17. The molecule has 1 amide bonds. The highest BCUT2D eigenvalue weighted by atomic mass is 79.9. The van der Waals surface area contributed by atoms with E-state index in [1.165, 1.54) is 0 Å². The van der Waals surface area contributed by atoms with Gasteiger partial charge in [-0.2, -0.15) is 0 Å². The van der Waals surface area contributed by atoms with Gasteiger partial charge in [-0.25, -0.2) is 0 Å². The van der Waals surface area contributed by atoms with Crippen molar-refractivity contribution in [2.24, 2.45) is 5.92 Å². The van der Waals surface area contributed by atoms with Crippen molar-refractivity contribution in [1.29, 1.82) is 0 Å². The average Bonchev–Trinajstić information content (AvgIpc) is 2.46. The van der Waals surface area contributed by atoms with Crippen molar-refractivity contribution in [1.82, 2.24) is 5.32 Å². The van der Waals surface area contributed by atoms with Gasteiger partial charge in [0, 0.05) is 16.9 Å². The number of amides is 1. The Morgan fingerprint density at radius 2 is 1.85 bits per heavy atom. The molecule has 0 aliphatic heterocycles. The fourth-order valence-corrected chi connectivity index (χ4v) is 2.85. The molecule has 0 saturated heterocycles. The fourth-order valence-electron chi connectivity index (χ4n) is 2.36. The summed E-state index contributed by atoms with van der Waals surface area (Å²) in [6.07, 6.45) is 0.939. The Labute approximate surface area is 128 Å². The van der Waals surface area contributed by atoms with Crippen LogP contribution in [0, 0.1) is 5.92 Å². The lowest BCUT2D eigenvalue weighted by Gasteiger charge is -2.22. The minimum atomic E-state index is 0.0152. The molecule has 0 radical (unpaired) electrons. The van der Waals surface area contributed by atoms with Crippen LogP contribution in [0.5, 0.6) is 0 Å². The molecular formula is C17H20BrNO. The zero-order valence-corrected chi connectivity index (χ0v) is 13.5. The van der Waals surface area contributed by atoms with E-state index < -0.39 is 0 Å². The van der Waals surface area contributed by atoms with Crippen LogP contribution in [0.15, 0.2) is 42.5 Å². The van der Waals surface area contributed by atoms with E-state index >= 15 is 0 Å². The molecule has 2 aromatic rings. The number of rotatable bonds is 5. The second-order valence-corrected chi connectivity index (χ2v) is 6.12. The molecule has 2 nitrogen and oxygen atoms in total. The van der Waals surface area contributed by atoms with Crippen LogP contribution in [-0.4, -0.2) is 17.3 Å². The van der Waals surface area contributed by atoms with Crippen LogP contribution in [0.2, 0.25) is 0 Å². The Bertz CT molecular complexity index is 589. The minimum Gasteiger partial charge on any atom is -0.349 e. The molecule has 0 fully saturated rings. The van der Waals surface area contributed by atoms with Gasteiger partial charge in [0.15, 0.2) is 0 Å². The van der Waals surface area contributed by atoms with E-state index in [1.54, 1.807) is 0 Å². The first kappa shape index (κ1) is 15.0. The van der Waals surface area contributed by atoms with Crippen LogP contribution in [0.3, 0.4) is 0 Å². The monoisotopic (exact) mass is 333 g/mol. The molecule has 0 spiro atoms. The third-order valence-electron chi connectivity index (χ3n) is 3.58. The molecule has 106 valence electrons. The smallest absolute Gasteiger partial charge is 0.252 e. The number of hydrogen-bond acceptors (Lipinski definition) is 1. The van der Waals surface area contributed by atoms with E-state index in [4.69, 9.17) is 0 Å². The summed E-state index contributed by atoms with van der Waals surface area (Å²) >= 11 is 3.45. The van der Waals surface area contributed by atoms with Crippen molar-refractivity contribution in [3.8, 4) is 0 Å². The van der Waals surface area contributed by atoms with E-state index in [-0.39, 0.29) is 11.9 Å². The summed E-state index contributed by atoms with van der Waals surface area (Å²) in [7, 11) is 0. The Kier molecular flexibility index (Phi) is 5.18. The summed E-state index contributed by atoms with van der Waals surface area (Å²) in [5.74, 6) is 0.438. The Morgan fingerprint density at radius 1 is 1.15 bits per heavy atom. The quantitative estimate of drug-likeness (QED) is 0.808. The van der Waals surface area contributed by atoms with Crippen molar-refractivity contribution in [2.45, 2.75) is 26.3 Å². The van der Waals surface area contributed by atoms with Gasteiger partial charge in [-0.15, -0.1) is 0 Å². The van der Waals surface area contributed by atoms with Gasteiger partial charge in [-0.3, -0.25) is 4.79 Å². The number of nitrogens with one attached hydrogen (secondary N) is 1. The number of alkyl halides is 1. The van der Waals surface area contributed by atoms with Crippen LogP contribution in [0.1, 0.15) is 30.6 Å². The summed E-state index contributed by atoms with van der Waals surface area (Å²) in [6, 6.07) is 14.0. The highest BCUT2D eigenvalue weighted by Crippen LogP contribution is 2.19. The molecule has 1 atom stereocenters. The molecule has 2 aromatic carbocycles. The lowest BCUT2D eigenvalue weighted by molar-refractivity contribution is 0.0927. The highest BCUT2D eigenvalue weighted by molar-refractivity contribution is 9.09. The van der Waals surface area contributed by atoms with Gasteiger partial charge >= 0.3 is 0 Å². The standard InChI is InChI=1S/C17H20BrNO/c1-12(2)16(10-11-18)19-17(20)15-9-5-7-13-6-3-4-8-14(13)15/h3-9,12,16H,10-11H2,1-2H3,(H,19,20). The topological polar surface area (TPSA) is 29.1 Å². The molecule has 1 unspecified atom stereocenters. The molecule has 0 heterocycles. The number of benzene rings is 2. The molecule has 0 aliphatic rings. The normalized spacial score (nSPS) is 12.6. The molecule has 3 heteroatoms. The summed E-state index contributed by atoms with van der Waals surface area (Å²) < 4.78 is 0. The van der Waals surface area contributed by atoms with Crippen LogP contribution < -0.4 is 5.32 Å². The van der Waals surface area contributed by atoms with Gasteiger partial charge in [0.2, 0.25) is 0 Å². The molecule has 20 heavy (non-hydrogen) atoms. The number of carbonyl (C=O) groups excluding carboxylic acids is 1. The molecular weight excluding hydrogens is 314 g/mol. The lowest BCUT2D eigenvalue weighted by Crippen LogP contribution is -2.38. The maximum atomic E-state index is 12.5. The van der Waals surface area contributed by atoms with Gasteiger partial charge in [0.1, 0.15) is 0 Å².